The maximum absolute atomic E-state index is 5.77. The minimum Gasteiger partial charge on any atom is -0.330 e. The van der Waals surface area contributed by atoms with Gasteiger partial charge in [-0.15, -0.1) is 30.1 Å². The number of halogens is 1. The third kappa shape index (κ3) is 5.27. The molecule has 0 aromatic rings. The highest BCUT2D eigenvalue weighted by molar-refractivity contribution is 8.93. The first-order chi connectivity index (χ1) is 5.74. The van der Waals surface area contributed by atoms with Crippen molar-refractivity contribution in [2.45, 2.75) is 32.6 Å². The predicted molar refractivity (Wildman–Crippen MR) is 66.3 cm³/mol. The molecule has 2 N–H and O–H groups in total. The lowest BCUT2D eigenvalue weighted by molar-refractivity contribution is 0.277. The van der Waals surface area contributed by atoms with E-state index >= 15 is 0 Å². The van der Waals surface area contributed by atoms with Crippen LogP contribution in [0.4, 0.5) is 0 Å². The number of hydrogen-bond donors (Lipinski definition) is 1. The van der Waals surface area contributed by atoms with Gasteiger partial charge in [-0.05, 0) is 31.2 Å². The summed E-state index contributed by atoms with van der Waals surface area (Å²) in [6, 6.07) is 0. The van der Waals surface area contributed by atoms with Crippen molar-refractivity contribution in [3.63, 3.8) is 0 Å². The fraction of sp³-hybridized carbons (Fsp3) is 0.636. The second-order valence-corrected chi connectivity index (χ2v) is 3.44. The van der Waals surface area contributed by atoms with Crippen LogP contribution < -0.4 is 5.73 Å². The summed E-state index contributed by atoms with van der Waals surface area (Å²) in [4.78, 5) is 0. The Morgan fingerprint density at radius 3 is 1.92 bits per heavy atom. The molecule has 0 aromatic heterocycles. The first-order valence-electron chi connectivity index (χ1n) is 4.66. The Balaban J connectivity index is 0. The second kappa shape index (κ2) is 8.52. The van der Waals surface area contributed by atoms with Gasteiger partial charge in [0, 0.05) is 0 Å². The quantitative estimate of drug-likeness (QED) is 0.686. The van der Waals surface area contributed by atoms with E-state index in [2.05, 4.69) is 20.1 Å². The molecule has 0 amide bonds. The van der Waals surface area contributed by atoms with Crippen molar-refractivity contribution in [1.82, 2.24) is 0 Å². The molecule has 0 unspecified atom stereocenters. The topological polar surface area (TPSA) is 26.0 Å². The van der Waals surface area contributed by atoms with Crippen LogP contribution in [-0.2, 0) is 0 Å². The fourth-order valence-electron chi connectivity index (χ4n) is 1.70. The van der Waals surface area contributed by atoms with Gasteiger partial charge in [0.05, 0.1) is 0 Å². The van der Waals surface area contributed by atoms with Crippen molar-refractivity contribution in [2.24, 2.45) is 11.1 Å². The molecule has 13 heavy (non-hydrogen) atoms. The monoisotopic (exact) mass is 247 g/mol. The van der Waals surface area contributed by atoms with Crippen LogP contribution in [0.3, 0.4) is 0 Å². The van der Waals surface area contributed by atoms with Crippen LogP contribution in [0.15, 0.2) is 25.3 Å². The zero-order valence-electron chi connectivity index (χ0n) is 8.59. The van der Waals surface area contributed by atoms with E-state index in [1.165, 1.54) is 12.8 Å². The molecule has 0 spiro atoms. The van der Waals surface area contributed by atoms with Crippen LogP contribution >= 0.6 is 17.0 Å². The summed E-state index contributed by atoms with van der Waals surface area (Å²) in [5.74, 6) is 0. The lowest BCUT2D eigenvalue weighted by Crippen LogP contribution is -2.29. The first-order valence-corrected chi connectivity index (χ1v) is 4.66. The van der Waals surface area contributed by atoms with Gasteiger partial charge >= 0.3 is 0 Å². The van der Waals surface area contributed by atoms with Crippen LogP contribution in [0.5, 0.6) is 0 Å². The smallest absolute Gasteiger partial charge is 0.00146 e. The summed E-state index contributed by atoms with van der Waals surface area (Å²) in [7, 11) is 0. The molecule has 2 heteroatoms. The van der Waals surface area contributed by atoms with Crippen LogP contribution in [0.2, 0.25) is 0 Å². The van der Waals surface area contributed by atoms with Crippen molar-refractivity contribution in [3.05, 3.63) is 25.3 Å². The van der Waals surface area contributed by atoms with Crippen LogP contribution in [-0.4, -0.2) is 6.54 Å². The van der Waals surface area contributed by atoms with Crippen LogP contribution in [0, 0.1) is 5.41 Å². The van der Waals surface area contributed by atoms with E-state index in [1.54, 1.807) is 0 Å². The molecule has 0 saturated heterocycles. The standard InChI is InChI=1S/C11H21N.BrH/c1-4-7-11(10-12,8-5-2)9-6-3;/h4-5H,1-2,6-10,12H2,3H3;1H. The SMILES string of the molecule is Br.C=CCC(CN)(CC=C)CCC. The second-order valence-electron chi connectivity index (χ2n) is 3.44. The molecule has 0 bridgehead atoms. The van der Waals surface area contributed by atoms with Gasteiger partial charge < -0.3 is 5.73 Å². The molecule has 0 rings (SSSR count). The average Bonchev–Trinajstić information content (AvgIpc) is 2.06. The zero-order valence-corrected chi connectivity index (χ0v) is 10.3. The molecule has 0 aliphatic carbocycles. The first kappa shape index (κ1) is 15.4. The Labute approximate surface area is 92.9 Å². The van der Waals surface area contributed by atoms with Gasteiger partial charge in [0.25, 0.3) is 0 Å². The number of hydrogen-bond acceptors (Lipinski definition) is 1. The van der Waals surface area contributed by atoms with Crippen molar-refractivity contribution in [1.29, 1.82) is 0 Å². The van der Waals surface area contributed by atoms with E-state index in [1.807, 2.05) is 12.2 Å². The molecule has 0 atom stereocenters. The van der Waals surface area contributed by atoms with Crippen molar-refractivity contribution in [3.8, 4) is 0 Å². The summed E-state index contributed by atoms with van der Waals surface area (Å²) in [6.45, 7) is 10.5. The van der Waals surface area contributed by atoms with Crippen molar-refractivity contribution in [2.75, 3.05) is 6.54 Å². The predicted octanol–water partition coefficient (Wildman–Crippen LogP) is 3.46. The average molecular weight is 248 g/mol. The van der Waals surface area contributed by atoms with Gasteiger partial charge in [0.2, 0.25) is 0 Å². The van der Waals surface area contributed by atoms with Gasteiger partial charge in [-0.1, -0.05) is 25.5 Å². The van der Waals surface area contributed by atoms with Crippen LogP contribution in [0.25, 0.3) is 0 Å². The molecular formula is C11H22BrN. The summed E-state index contributed by atoms with van der Waals surface area (Å²) in [6.07, 6.45) is 8.28. The van der Waals surface area contributed by atoms with E-state index in [0.29, 0.717) is 0 Å². The third-order valence-corrected chi connectivity index (χ3v) is 2.37. The van der Waals surface area contributed by atoms with Gasteiger partial charge in [0.15, 0.2) is 0 Å². The summed E-state index contributed by atoms with van der Waals surface area (Å²) in [5.41, 5.74) is 6.00. The largest absolute Gasteiger partial charge is 0.330 e. The minimum absolute atomic E-state index is 0. The molecular weight excluding hydrogens is 226 g/mol. The maximum atomic E-state index is 5.77. The highest BCUT2D eigenvalue weighted by Crippen LogP contribution is 2.31. The van der Waals surface area contributed by atoms with Gasteiger partial charge in [-0.2, -0.15) is 0 Å². The Hall–Kier alpha value is -0.0800. The molecule has 0 radical (unpaired) electrons. The summed E-state index contributed by atoms with van der Waals surface area (Å²) in [5, 5.41) is 0. The fourth-order valence-corrected chi connectivity index (χ4v) is 1.70. The van der Waals surface area contributed by atoms with Gasteiger partial charge in [-0.3, -0.25) is 0 Å². The van der Waals surface area contributed by atoms with Gasteiger partial charge in [0.1, 0.15) is 0 Å². The van der Waals surface area contributed by atoms with Gasteiger partial charge in [-0.25, -0.2) is 0 Å². The van der Waals surface area contributed by atoms with Crippen molar-refractivity contribution >= 4 is 17.0 Å². The Kier molecular flexibility index (Phi) is 10.1. The lowest BCUT2D eigenvalue weighted by Gasteiger charge is -2.29. The number of allylic oxidation sites excluding steroid dienone is 2. The van der Waals surface area contributed by atoms with E-state index in [-0.39, 0.29) is 22.4 Å². The summed E-state index contributed by atoms with van der Waals surface area (Å²) >= 11 is 0. The van der Waals surface area contributed by atoms with E-state index in [0.717, 1.165) is 19.4 Å². The lowest BCUT2D eigenvalue weighted by atomic mass is 9.77. The third-order valence-electron chi connectivity index (χ3n) is 2.37. The molecule has 0 aliphatic rings. The summed E-state index contributed by atoms with van der Waals surface area (Å²) < 4.78 is 0. The molecule has 1 nitrogen and oxygen atoms in total. The molecule has 78 valence electrons. The maximum Gasteiger partial charge on any atom is -0.00146 e. The van der Waals surface area contributed by atoms with E-state index in [9.17, 15) is 0 Å². The zero-order chi connectivity index (χ0) is 9.45. The Morgan fingerprint density at radius 2 is 1.69 bits per heavy atom. The number of nitrogens with two attached hydrogens (primary N) is 1. The molecule has 0 fully saturated rings. The molecule has 0 aromatic carbocycles. The highest BCUT2D eigenvalue weighted by Gasteiger charge is 2.24. The van der Waals surface area contributed by atoms with E-state index < -0.39 is 0 Å². The molecule has 0 heterocycles. The van der Waals surface area contributed by atoms with E-state index in [4.69, 9.17) is 5.73 Å². The normalized spacial score (nSPS) is 10.3. The highest BCUT2D eigenvalue weighted by atomic mass is 79.9. The van der Waals surface area contributed by atoms with Crippen LogP contribution in [0.1, 0.15) is 32.6 Å². The minimum atomic E-state index is 0. The molecule has 0 saturated carbocycles. The number of rotatable bonds is 7. The Bertz CT molecular complexity index is 133. The molecule has 0 aliphatic heterocycles. The van der Waals surface area contributed by atoms with Crippen molar-refractivity contribution < 1.29 is 0 Å². The Morgan fingerprint density at radius 1 is 1.23 bits per heavy atom.